The third-order valence-corrected chi connectivity index (χ3v) is 4.70. The Bertz CT molecular complexity index is 1150. The quantitative estimate of drug-likeness (QED) is 0.502. The largest absolute Gasteiger partial charge is 0.494 e. The molecule has 142 valence electrons. The zero-order chi connectivity index (χ0) is 19.5. The van der Waals surface area contributed by atoms with Gasteiger partial charge in [-0.05, 0) is 42.8 Å². The molecule has 1 N–H and O–H groups in total. The fourth-order valence-corrected chi connectivity index (χ4v) is 3.16. The van der Waals surface area contributed by atoms with E-state index in [2.05, 4.69) is 15.0 Å². The third kappa shape index (κ3) is 3.77. The van der Waals surface area contributed by atoms with E-state index in [0.29, 0.717) is 40.9 Å². The molecular formula is C21H19ClN4O2. The topological polar surface area (TPSA) is 72.8 Å². The lowest BCUT2D eigenvalue weighted by molar-refractivity contribution is 0.310. The van der Waals surface area contributed by atoms with Gasteiger partial charge in [-0.25, -0.2) is 9.97 Å². The Labute approximate surface area is 166 Å². The van der Waals surface area contributed by atoms with E-state index in [-0.39, 0.29) is 5.56 Å². The van der Waals surface area contributed by atoms with Crippen molar-refractivity contribution in [2.24, 2.45) is 7.05 Å². The fraction of sp³-hybridized carbons (Fsp3) is 0.190. The van der Waals surface area contributed by atoms with Gasteiger partial charge in [0.1, 0.15) is 17.4 Å². The van der Waals surface area contributed by atoms with Crippen LogP contribution in [0.1, 0.15) is 12.2 Å². The maximum Gasteiger partial charge on any atom is 0.279 e. The van der Waals surface area contributed by atoms with E-state index in [0.717, 1.165) is 17.7 Å². The Morgan fingerprint density at radius 3 is 2.57 bits per heavy atom. The summed E-state index contributed by atoms with van der Waals surface area (Å²) in [4.78, 5) is 24.4. The number of imidazole rings is 1. The number of hydrogen-bond donors (Lipinski definition) is 1. The SMILES string of the molecule is Cn1c(-c2ccc(Cl)cc2)nc2c(=O)[nH]c(CCCOc3ccccc3)nc21. The maximum absolute atomic E-state index is 12.5. The van der Waals surface area contributed by atoms with Crippen LogP contribution in [0.3, 0.4) is 0 Å². The first-order valence-electron chi connectivity index (χ1n) is 9.01. The number of nitrogens with one attached hydrogen (secondary N) is 1. The van der Waals surface area contributed by atoms with Crippen molar-refractivity contribution in [2.45, 2.75) is 12.8 Å². The standard InChI is InChI=1S/C21H19ClN4O2/c1-26-19(14-9-11-15(22)12-10-14)25-18-20(26)23-17(24-21(18)27)8-5-13-28-16-6-3-2-4-7-16/h2-4,6-7,9-12H,5,8,13H2,1H3,(H,23,24,27). The zero-order valence-electron chi connectivity index (χ0n) is 15.4. The van der Waals surface area contributed by atoms with Gasteiger partial charge >= 0.3 is 0 Å². The van der Waals surface area contributed by atoms with Crippen molar-refractivity contribution in [3.05, 3.63) is 75.8 Å². The molecule has 2 heterocycles. The van der Waals surface area contributed by atoms with Gasteiger partial charge in [-0.3, -0.25) is 4.79 Å². The number of aromatic amines is 1. The van der Waals surface area contributed by atoms with Crippen LogP contribution in [-0.2, 0) is 13.5 Å². The van der Waals surface area contributed by atoms with Crippen molar-refractivity contribution < 1.29 is 4.74 Å². The molecule has 0 saturated carbocycles. The Morgan fingerprint density at radius 1 is 1.07 bits per heavy atom. The molecular weight excluding hydrogens is 376 g/mol. The van der Waals surface area contributed by atoms with E-state index in [1.54, 1.807) is 12.1 Å². The third-order valence-electron chi connectivity index (χ3n) is 4.45. The maximum atomic E-state index is 12.5. The molecule has 4 rings (SSSR count). The Morgan fingerprint density at radius 2 is 1.82 bits per heavy atom. The molecule has 2 aromatic carbocycles. The van der Waals surface area contributed by atoms with Crippen molar-refractivity contribution in [3.8, 4) is 17.1 Å². The Hall–Kier alpha value is -3.12. The molecule has 0 unspecified atom stereocenters. The summed E-state index contributed by atoms with van der Waals surface area (Å²) >= 11 is 5.96. The van der Waals surface area contributed by atoms with Crippen LogP contribution in [0.4, 0.5) is 0 Å². The summed E-state index contributed by atoms with van der Waals surface area (Å²) < 4.78 is 7.52. The van der Waals surface area contributed by atoms with Crippen molar-refractivity contribution in [1.29, 1.82) is 0 Å². The summed E-state index contributed by atoms with van der Waals surface area (Å²) in [5.74, 6) is 2.13. The minimum Gasteiger partial charge on any atom is -0.494 e. The number of nitrogens with zero attached hydrogens (tertiary/aromatic N) is 3. The summed E-state index contributed by atoms with van der Waals surface area (Å²) in [5.41, 5.74) is 1.53. The fourth-order valence-electron chi connectivity index (χ4n) is 3.04. The molecule has 6 nitrogen and oxygen atoms in total. The predicted molar refractivity (Wildman–Crippen MR) is 110 cm³/mol. The molecule has 0 radical (unpaired) electrons. The number of para-hydroxylation sites is 1. The summed E-state index contributed by atoms with van der Waals surface area (Å²) in [7, 11) is 1.86. The molecule has 0 aliphatic carbocycles. The molecule has 0 aliphatic rings. The second-order valence-corrected chi connectivity index (χ2v) is 6.89. The molecule has 0 saturated heterocycles. The molecule has 0 spiro atoms. The monoisotopic (exact) mass is 394 g/mol. The van der Waals surface area contributed by atoms with Crippen LogP contribution in [0.2, 0.25) is 5.02 Å². The molecule has 4 aromatic rings. The van der Waals surface area contributed by atoms with Crippen molar-refractivity contribution in [1.82, 2.24) is 19.5 Å². The molecule has 0 atom stereocenters. The minimum absolute atomic E-state index is 0.236. The van der Waals surface area contributed by atoms with Gasteiger partial charge in [-0.15, -0.1) is 0 Å². The number of rotatable bonds is 6. The van der Waals surface area contributed by atoms with Crippen LogP contribution in [0.25, 0.3) is 22.6 Å². The summed E-state index contributed by atoms with van der Waals surface area (Å²) in [5, 5.41) is 0.651. The second-order valence-electron chi connectivity index (χ2n) is 6.45. The van der Waals surface area contributed by atoms with Gasteiger partial charge in [0.15, 0.2) is 11.2 Å². The van der Waals surface area contributed by atoms with Gasteiger partial charge in [0, 0.05) is 24.1 Å². The normalized spacial score (nSPS) is 11.1. The number of aryl methyl sites for hydroxylation is 2. The lowest BCUT2D eigenvalue weighted by Crippen LogP contribution is -2.13. The predicted octanol–water partition coefficient (Wildman–Crippen LogP) is 3.99. The van der Waals surface area contributed by atoms with Crippen LogP contribution in [0.5, 0.6) is 5.75 Å². The van der Waals surface area contributed by atoms with Gasteiger partial charge in [0.25, 0.3) is 5.56 Å². The van der Waals surface area contributed by atoms with E-state index in [1.807, 2.05) is 54.1 Å². The van der Waals surface area contributed by atoms with Crippen LogP contribution in [0.15, 0.2) is 59.4 Å². The van der Waals surface area contributed by atoms with Gasteiger partial charge < -0.3 is 14.3 Å². The average molecular weight is 395 g/mol. The first-order chi connectivity index (χ1) is 13.6. The first kappa shape index (κ1) is 18.3. The van der Waals surface area contributed by atoms with Crippen molar-refractivity contribution in [2.75, 3.05) is 6.61 Å². The van der Waals surface area contributed by atoms with Gasteiger partial charge in [-0.1, -0.05) is 29.8 Å². The van der Waals surface area contributed by atoms with Crippen LogP contribution < -0.4 is 10.3 Å². The minimum atomic E-state index is -0.236. The lowest BCUT2D eigenvalue weighted by atomic mass is 10.2. The van der Waals surface area contributed by atoms with Crippen molar-refractivity contribution in [3.63, 3.8) is 0 Å². The van der Waals surface area contributed by atoms with Crippen molar-refractivity contribution >= 4 is 22.8 Å². The summed E-state index contributed by atoms with van der Waals surface area (Å²) in [6.45, 7) is 0.549. The number of hydrogen-bond acceptors (Lipinski definition) is 4. The highest BCUT2D eigenvalue weighted by Crippen LogP contribution is 2.22. The van der Waals surface area contributed by atoms with E-state index < -0.39 is 0 Å². The zero-order valence-corrected chi connectivity index (χ0v) is 16.1. The summed E-state index contributed by atoms with van der Waals surface area (Å²) in [6.07, 6.45) is 1.35. The molecule has 0 amide bonds. The first-order valence-corrected chi connectivity index (χ1v) is 9.39. The average Bonchev–Trinajstić information content (AvgIpc) is 3.04. The molecule has 0 aliphatic heterocycles. The Balaban J connectivity index is 1.53. The van der Waals surface area contributed by atoms with Crippen LogP contribution in [0, 0.1) is 0 Å². The molecule has 0 fully saturated rings. The van der Waals surface area contributed by atoms with Crippen LogP contribution in [-0.4, -0.2) is 26.1 Å². The molecule has 7 heteroatoms. The van der Waals surface area contributed by atoms with Gasteiger partial charge in [0.05, 0.1) is 6.61 Å². The number of H-pyrrole nitrogens is 1. The highest BCUT2D eigenvalue weighted by molar-refractivity contribution is 6.30. The number of ether oxygens (including phenoxy) is 1. The Kier molecular flexibility index (Phi) is 5.12. The van der Waals surface area contributed by atoms with E-state index in [1.165, 1.54) is 0 Å². The second kappa shape index (κ2) is 7.86. The van der Waals surface area contributed by atoms with Gasteiger partial charge in [0.2, 0.25) is 0 Å². The van der Waals surface area contributed by atoms with Crippen LogP contribution >= 0.6 is 11.6 Å². The van der Waals surface area contributed by atoms with E-state index >= 15 is 0 Å². The van der Waals surface area contributed by atoms with E-state index in [9.17, 15) is 4.79 Å². The number of halogens is 1. The van der Waals surface area contributed by atoms with Gasteiger partial charge in [-0.2, -0.15) is 0 Å². The highest BCUT2D eigenvalue weighted by Gasteiger charge is 2.15. The smallest absolute Gasteiger partial charge is 0.279 e. The number of fused-ring (bicyclic) bond motifs is 1. The van der Waals surface area contributed by atoms with E-state index in [4.69, 9.17) is 16.3 Å². The molecule has 0 bridgehead atoms. The molecule has 28 heavy (non-hydrogen) atoms. The number of aromatic nitrogens is 4. The summed E-state index contributed by atoms with van der Waals surface area (Å²) in [6, 6.07) is 17.0. The number of benzene rings is 2. The highest BCUT2D eigenvalue weighted by atomic mass is 35.5. The lowest BCUT2D eigenvalue weighted by Gasteiger charge is -2.06. The molecule has 2 aromatic heterocycles.